The summed E-state index contributed by atoms with van der Waals surface area (Å²) >= 11 is 5.76. The number of hydrogen-bond acceptors (Lipinski definition) is 6. The van der Waals surface area contributed by atoms with Crippen molar-refractivity contribution in [2.24, 2.45) is 0 Å². The molecule has 0 radical (unpaired) electrons. The van der Waals surface area contributed by atoms with E-state index in [1.807, 2.05) is 18.2 Å². The van der Waals surface area contributed by atoms with Gasteiger partial charge in [0.15, 0.2) is 0 Å². The first kappa shape index (κ1) is 17.5. The highest BCUT2D eigenvalue weighted by atomic mass is 35.5. The van der Waals surface area contributed by atoms with E-state index in [4.69, 9.17) is 11.6 Å². The molecule has 1 aliphatic carbocycles. The lowest BCUT2D eigenvalue weighted by atomic mass is 10.2. The summed E-state index contributed by atoms with van der Waals surface area (Å²) in [4.78, 5) is 24.6. The lowest BCUT2D eigenvalue weighted by Crippen LogP contribution is -2.21. The Morgan fingerprint density at radius 3 is 2.37 bits per heavy atom. The van der Waals surface area contributed by atoms with E-state index in [1.54, 1.807) is 29.2 Å². The minimum absolute atomic E-state index is 0.0741. The third-order valence-electron chi connectivity index (χ3n) is 4.61. The van der Waals surface area contributed by atoms with Gasteiger partial charge in [0.25, 0.3) is 5.56 Å². The first-order chi connectivity index (χ1) is 13.2. The van der Waals surface area contributed by atoms with Crippen LogP contribution < -0.4 is 16.2 Å². The summed E-state index contributed by atoms with van der Waals surface area (Å²) in [7, 11) is 0. The minimum atomic E-state index is -0.0741. The van der Waals surface area contributed by atoms with Crippen LogP contribution in [0.3, 0.4) is 0 Å². The molecule has 0 saturated heterocycles. The monoisotopic (exact) mass is 382 g/mol. The van der Waals surface area contributed by atoms with E-state index < -0.39 is 0 Å². The first-order valence-electron chi connectivity index (χ1n) is 8.82. The fourth-order valence-corrected chi connectivity index (χ4v) is 3.40. The van der Waals surface area contributed by atoms with Gasteiger partial charge in [0, 0.05) is 24.3 Å². The van der Waals surface area contributed by atoms with Crippen LogP contribution >= 0.6 is 11.6 Å². The second kappa shape index (κ2) is 7.75. The molecule has 0 bridgehead atoms. The second-order valence-electron chi connectivity index (χ2n) is 6.53. The molecule has 7 nitrogen and oxygen atoms in total. The fraction of sp³-hybridized carbons (Fsp3) is 0.263. The number of halogens is 1. The van der Waals surface area contributed by atoms with Crippen molar-refractivity contribution in [2.75, 3.05) is 10.6 Å². The normalized spacial score (nSPS) is 19.0. The molecule has 2 atom stereocenters. The van der Waals surface area contributed by atoms with Gasteiger partial charge in [-0.25, -0.2) is 15.0 Å². The Bertz CT molecular complexity index is 957. The topological polar surface area (TPSA) is 84.7 Å². The van der Waals surface area contributed by atoms with E-state index in [1.165, 1.54) is 12.3 Å². The van der Waals surface area contributed by atoms with Crippen LogP contribution in [0.4, 0.5) is 11.6 Å². The molecule has 3 heterocycles. The standard InChI is InChI=1S/C19H19ClN6O/c20-16-11-23-18(12-21-16)25-14-5-4-13(9-14)24-17-7-6-15(10-22-17)26-8-2-1-3-19(26)27/h1-3,6-8,10-14H,4-5,9H2,(H,22,24)(H,23,25)/t13-,14-/m0/s1. The highest BCUT2D eigenvalue weighted by Gasteiger charge is 2.25. The van der Waals surface area contributed by atoms with Crippen LogP contribution in [0.2, 0.25) is 5.15 Å². The zero-order valence-corrected chi connectivity index (χ0v) is 15.3. The molecular formula is C19H19ClN6O. The number of rotatable bonds is 5. The van der Waals surface area contributed by atoms with Gasteiger partial charge >= 0.3 is 0 Å². The van der Waals surface area contributed by atoms with E-state index >= 15 is 0 Å². The van der Waals surface area contributed by atoms with Crippen molar-refractivity contribution < 1.29 is 0 Å². The lowest BCUT2D eigenvalue weighted by molar-refractivity contribution is 0.719. The van der Waals surface area contributed by atoms with Crippen LogP contribution in [0.15, 0.2) is 59.9 Å². The molecule has 8 heteroatoms. The zero-order valence-electron chi connectivity index (χ0n) is 14.5. The molecule has 0 amide bonds. The Labute approximate surface area is 161 Å². The van der Waals surface area contributed by atoms with Gasteiger partial charge in [-0.15, -0.1) is 0 Å². The quantitative estimate of drug-likeness (QED) is 0.705. The summed E-state index contributed by atoms with van der Waals surface area (Å²) in [5, 5.41) is 7.24. The maximum Gasteiger partial charge on any atom is 0.255 e. The second-order valence-corrected chi connectivity index (χ2v) is 6.92. The molecule has 27 heavy (non-hydrogen) atoms. The predicted octanol–water partition coefficient (Wildman–Crippen LogP) is 3.12. The number of aromatic nitrogens is 4. The summed E-state index contributed by atoms with van der Waals surface area (Å²) in [5.74, 6) is 1.54. The summed E-state index contributed by atoms with van der Waals surface area (Å²) in [6, 6.07) is 9.54. The predicted molar refractivity (Wildman–Crippen MR) is 106 cm³/mol. The molecule has 1 fully saturated rings. The van der Waals surface area contributed by atoms with Crippen molar-refractivity contribution in [3.8, 4) is 5.69 Å². The molecule has 0 unspecified atom stereocenters. The fourth-order valence-electron chi connectivity index (χ4n) is 3.30. The average Bonchev–Trinajstić information content (AvgIpc) is 3.12. The average molecular weight is 383 g/mol. The number of nitrogens with one attached hydrogen (secondary N) is 2. The van der Waals surface area contributed by atoms with E-state index in [-0.39, 0.29) is 5.56 Å². The van der Waals surface area contributed by atoms with Crippen molar-refractivity contribution in [1.82, 2.24) is 19.5 Å². The molecule has 2 N–H and O–H groups in total. The Kier molecular flexibility index (Phi) is 5.02. The van der Waals surface area contributed by atoms with Crippen molar-refractivity contribution in [3.63, 3.8) is 0 Å². The molecule has 3 aromatic heterocycles. The van der Waals surface area contributed by atoms with Crippen molar-refractivity contribution in [3.05, 3.63) is 70.6 Å². The van der Waals surface area contributed by atoms with Crippen molar-refractivity contribution >= 4 is 23.2 Å². The Morgan fingerprint density at radius 1 is 0.926 bits per heavy atom. The number of pyridine rings is 2. The van der Waals surface area contributed by atoms with Gasteiger partial charge in [-0.05, 0) is 37.5 Å². The van der Waals surface area contributed by atoms with E-state index in [9.17, 15) is 4.79 Å². The highest BCUT2D eigenvalue weighted by molar-refractivity contribution is 6.29. The third kappa shape index (κ3) is 4.25. The Hall–Kier alpha value is -2.93. The molecule has 0 aliphatic heterocycles. The van der Waals surface area contributed by atoms with Gasteiger partial charge in [-0.1, -0.05) is 17.7 Å². The largest absolute Gasteiger partial charge is 0.367 e. The zero-order chi connectivity index (χ0) is 18.6. The highest BCUT2D eigenvalue weighted by Crippen LogP contribution is 2.25. The summed E-state index contributed by atoms with van der Waals surface area (Å²) in [5.41, 5.74) is 0.674. The number of nitrogens with zero attached hydrogens (tertiary/aromatic N) is 4. The maximum absolute atomic E-state index is 11.9. The third-order valence-corrected chi connectivity index (χ3v) is 4.80. The van der Waals surface area contributed by atoms with E-state index in [0.717, 1.165) is 36.6 Å². The van der Waals surface area contributed by atoms with Gasteiger partial charge in [0.2, 0.25) is 0 Å². The van der Waals surface area contributed by atoms with Crippen LogP contribution in [0.25, 0.3) is 5.69 Å². The molecule has 1 saturated carbocycles. The van der Waals surface area contributed by atoms with Gasteiger partial charge in [-0.2, -0.15) is 0 Å². The number of anilines is 2. The molecule has 1 aliphatic rings. The maximum atomic E-state index is 11.9. The Morgan fingerprint density at radius 2 is 1.70 bits per heavy atom. The summed E-state index contributed by atoms with van der Waals surface area (Å²) in [6.07, 6.45) is 9.68. The van der Waals surface area contributed by atoms with Gasteiger partial charge in [0.1, 0.15) is 16.8 Å². The molecule has 0 aromatic carbocycles. The molecule has 0 spiro atoms. The molecule has 4 rings (SSSR count). The Balaban J connectivity index is 1.35. The summed E-state index contributed by atoms with van der Waals surface area (Å²) in [6.45, 7) is 0. The van der Waals surface area contributed by atoms with Crippen LogP contribution in [-0.4, -0.2) is 31.6 Å². The minimum Gasteiger partial charge on any atom is -0.367 e. The smallest absolute Gasteiger partial charge is 0.255 e. The van der Waals surface area contributed by atoms with Crippen LogP contribution in [0, 0.1) is 0 Å². The van der Waals surface area contributed by atoms with Crippen molar-refractivity contribution in [2.45, 2.75) is 31.3 Å². The SMILES string of the molecule is O=c1ccccn1-c1ccc(N[C@H]2CC[C@H](Nc3cnc(Cl)cn3)C2)nc1. The number of hydrogen-bond donors (Lipinski definition) is 2. The van der Waals surface area contributed by atoms with E-state index in [2.05, 4.69) is 25.6 Å². The van der Waals surface area contributed by atoms with Crippen LogP contribution in [-0.2, 0) is 0 Å². The van der Waals surface area contributed by atoms with Gasteiger partial charge < -0.3 is 10.6 Å². The van der Waals surface area contributed by atoms with Crippen molar-refractivity contribution in [1.29, 1.82) is 0 Å². The van der Waals surface area contributed by atoms with Crippen LogP contribution in [0.1, 0.15) is 19.3 Å². The summed E-state index contributed by atoms with van der Waals surface area (Å²) < 4.78 is 1.57. The van der Waals surface area contributed by atoms with Gasteiger partial charge in [-0.3, -0.25) is 9.36 Å². The molecule has 3 aromatic rings. The molecule has 138 valence electrons. The lowest BCUT2D eigenvalue weighted by Gasteiger charge is -2.15. The van der Waals surface area contributed by atoms with Gasteiger partial charge in [0.05, 0.1) is 24.3 Å². The van der Waals surface area contributed by atoms with E-state index in [0.29, 0.717) is 17.2 Å². The molecular weight excluding hydrogens is 364 g/mol. The van der Waals surface area contributed by atoms with Crippen LogP contribution in [0.5, 0.6) is 0 Å². The first-order valence-corrected chi connectivity index (χ1v) is 9.20.